The van der Waals surface area contributed by atoms with E-state index in [4.69, 9.17) is 0 Å². The number of pyridine rings is 1. The summed E-state index contributed by atoms with van der Waals surface area (Å²) in [5, 5.41) is 3.06. The van der Waals surface area contributed by atoms with Crippen molar-refractivity contribution in [3.63, 3.8) is 0 Å². The average Bonchev–Trinajstić information content (AvgIpc) is 2.57. The van der Waals surface area contributed by atoms with Crippen LogP contribution in [0.15, 0.2) is 24.5 Å². The zero-order chi connectivity index (χ0) is 17.4. The van der Waals surface area contributed by atoms with Gasteiger partial charge in [0.05, 0.1) is 0 Å². The Morgan fingerprint density at radius 1 is 1.21 bits per heavy atom. The molecule has 1 aliphatic rings. The second kappa shape index (κ2) is 9.05. The Hall–Kier alpha value is -1.58. The summed E-state index contributed by atoms with van der Waals surface area (Å²) < 4.78 is 0. The lowest BCUT2D eigenvalue weighted by Crippen LogP contribution is -2.46. The van der Waals surface area contributed by atoms with E-state index >= 15 is 0 Å². The molecule has 0 atom stereocenters. The van der Waals surface area contributed by atoms with E-state index in [-0.39, 0.29) is 11.4 Å². The fraction of sp³-hybridized carbons (Fsp3) is 0.700. The molecule has 0 saturated carbocycles. The van der Waals surface area contributed by atoms with Crippen LogP contribution in [0, 0.1) is 11.3 Å². The highest BCUT2D eigenvalue weighted by molar-refractivity contribution is 5.74. The van der Waals surface area contributed by atoms with Crippen molar-refractivity contribution >= 4 is 6.03 Å². The third-order valence-corrected chi connectivity index (χ3v) is 4.75. The molecule has 0 bridgehead atoms. The molecule has 4 nitrogen and oxygen atoms in total. The Morgan fingerprint density at radius 3 is 2.50 bits per heavy atom. The van der Waals surface area contributed by atoms with Crippen LogP contribution in [0.3, 0.4) is 0 Å². The monoisotopic (exact) mass is 331 g/mol. The van der Waals surface area contributed by atoms with Gasteiger partial charge in [0.25, 0.3) is 0 Å². The molecule has 2 amide bonds. The summed E-state index contributed by atoms with van der Waals surface area (Å²) in [6, 6.07) is 4.32. The highest BCUT2D eigenvalue weighted by Gasteiger charge is 2.23. The lowest BCUT2D eigenvalue weighted by Gasteiger charge is -2.33. The number of aryl methyl sites for hydroxylation is 1. The number of hydrogen-bond acceptors (Lipinski definition) is 2. The van der Waals surface area contributed by atoms with Crippen molar-refractivity contribution in [2.75, 3.05) is 19.6 Å². The molecule has 0 spiro atoms. The van der Waals surface area contributed by atoms with Gasteiger partial charge in [-0.25, -0.2) is 4.79 Å². The number of hydrogen-bond donors (Lipinski definition) is 1. The molecule has 1 saturated heterocycles. The number of nitrogens with one attached hydrogen (secondary N) is 1. The summed E-state index contributed by atoms with van der Waals surface area (Å²) in [6.45, 7) is 8.99. The van der Waals surface area contributed by atoms with Crippen molar-refractivity contribution in [3.8, 4) is 0 Å². The number of likely N-dealkylation sites (tertiary alicyclic amines) is 1. The van der Waals surface area contributed by atoms with Gasteiger partial charge in [-0.2, -0.15) is 0 Å². The van der Waals surface area contributed by atoms with Crippen molar-refractivity contribution in [2.45, 2.75) is 59.3 Å². The lowest BCUT2D eigenvalue weighted by molar-refractivity contribution is 0.164. The van der Waals surface area contributed by atoms with Gasteiger partial charge in [-0.05, 0) is 54.7 Å². The van der Waals surface area contributed by atoms with E-state index in [0.717, 1.165) is 44.8 Å². The van der Waals surface area contributed by atoms with Crippen LogP contribution in [-0.2, 0) is 6.42 Å². The first-order valence-corrected chi connectivity index (χ1v) is 9.36. The third kappa shape index (κ3) is 6.90. The van der Waals surface area contributed by atoms with Crippen molar-refractivity contribution in [3.05, 3.63) is 30.1 Å². The second-order valence-corrected chi connectivity index (χ2v) is 8.25. The van der Waals surface area contributed by atoms with Crippen LogP contribution in [0.2, 0.25) is 0 Å². The van der Waals surface area contributed by atoms with E-state index in [1.54, 1.807) is 0 Å². The van der Waals surface area contributed by atoms with Gasteiger partial charge in [0.2, 0.25) is 0 Å². The number of carbonyl (C=O) groups excluding carboxylic acids is 1. The lowest BCUT2D eigenvalue weighted by atomic mass is 9.91. The van der Waals surface area contributed by atoms with Gasteiger partial charge in [0.1, 0.15) is 0 Å². The van der Waals surface area contributed by atoms with E-state index in [2.05, 4.69) is 43.2 Å². The molecule has 0 aromatic carbocycles. The maximum Gasteiger partial charge on any atom is 0.317 e. The molecule has 1 fully saturated rings. The molecule has 2 heterocycles. The van der Waals surface area contributed by atoms with Gasteiger partial charge in [-0.15, -0.1) is 0 Å². The summed E-state index contributed by atoms with van der Waals surface area (Å²) in [5.74, 6) is 0.786. The van der Waals surface area contributed by atoms with Gasteiger partial charge >= 0.3 is 6.03 Å². The first-order chi connectivity index (χ1) is 11.4. The van der Waals surface area contributed by atoms with Gasteiger partial charge < -0.3 is 10.2 Å². The summed E-state index contributed by atoms with van der Waals surface area (Å²) in [6.07, 6.45) is 11.0. The standard InChI is InChI=1S/C20H33N3O/c1-20(2,3)16-22-19(24)23-14-10-18(11-15-23)7-5-4-6-17-8-12-21-13-9-17/h8-9,12-13,18H,4-7,10-11,14-16H2,1-3H3,(H,22,24). The minimum Gasteiger partial charge on any atom is -0.337 e. The largest absolute Gasteiger partial charge is 0.337 e. The quantitative estimate of drug-likeness (QED) is 0.792. The molecule has 0 radical (unpaired) electrons. The first kappa shape index (κ1) is 18.8. The molecule has 134 valence electrons. The predicted octanol–water partition coefficient (Wildman–Crippen LogP) is 4.26. The predicted molar refractivity (Wildman–Crippen MR) is 98.9 cm³/mol. The number of rotatable bonds is 6. The van der Waals surface area contributed by atoms with Crippen LogP contribution in [-0.4, -0.2) is 35.5 Å². The number of urea groups is 1. The Labute approximate surface area is 147 Å². The van der Waals surface area contributed by atoms with E-state index in [9.17, 15) is 4.79 Å². The van der Waals surface area contributed by atoms with Gasteiger partial charge in [-0.3, -0.25) is 4.98 Å². The number of amides is 2. The van der Waals surface area contributed by atoms with Crippen LogP contribution in [0.1, 0.15) is 58.4 Å². The van der Waals surface area contributed by atoms with Crippen LogP contribution in [0.5, 0.6) is 0 Å². The SMILES string of the molecule is CC(C)(C)CNC(=O)N1CCC(CCCCc2ccncc2)CC1. The maximum absolute atomic E-state index is 12.2. The maximum atomic E-state index is 12.2. The Kier molecular flexibility index (Phi) is 7.07. The Morgan fingerprint density at radius 2 is 1.88 bits per heavy atom. The normalized spacial score (nSPS) is 16.2. The fourth-order valence-corrected chi connectivity index (χ4v) is 3.19. The molecular formula is C20H33N3O. The average molecular weight is 332 g/mol. The minimum atomic E-state index is 0.112. The molecule has 2 rings (SSSR count). The molecule has 1 aliphatic heterocycles. The second-order valence-electron chi connectivity index (χ2n) is 8.25. The molecule has 1 N–H and O–H groups in total. The highest BCUT2D eigenvalue weighted by atomic mass is 16.2. The Bertz CT molecular complexity index is 487. The molecule has 24 heavy (non-hydrogen) atoms. The van der Waals surface area contributed by atoms with Crippen molar-refractivity contribution < 1.29 is 4.79 Å². The van der Waals surface area contributed by atoms with E-state index < -0.39 is 0 Å². The third-order valence-electron chi connectivity index (χ3n) is 4.75. The molecule has 1 aromatic heterocycles. The highest BCUT2D eigenvalue weighted by Crippen LogP contribution is 2.23. The fourth-order valence-electron chi connectivity index (χ4n) is 3.19. The number of unbranched alkanes of at least 4 members (excludes halogenated alkanes) is 1. The van der Waals surface area contributed by atoms with E-state index in [1.165, 1.54) is 24.8 Å². The van der Waals surface area contributed by atoms with Crippen molar-refractivity contribution in [2.24, 2.45) is 11.3 Å². The van der Waals surface area contributed by atoms with E-state index in [1.807, 2.05) is 17.3 Å². The number of piperidine rings is 1. The number of nitrogens with zero attached hydrogens (tertiary/aromatic N) is 2. The zero-order valence-electron chi connectivity index (χ0n) is 15.6. The van der Waals surface area contributed by atoms with Crippen molar-refractivity contribution in [1.82, 2.24) is 15.2 Å². The Balaban J connectivity index is 1.58. The van der Waals surface area contributed by atoms with Crippen LogP contribution >= 0.6 is 0 Å². The molecule has 0 aliphatic carbocycles. The van der Waals surface area contributed by atoms with Crippen LogP contribution in [0.25, 0.3) is 0 Å². The topological polar surface area (TPSA) is 45.2 Å². The smallest absolute Gasteiger partial charge is 0.317 e. The molecular weight excluding hydrogens is 298 g/mol. The van der Waals surface area contributed by atoms with Gasteiger partial charge in [0.15, 0.2) is 0 Å². The number of carbonyl (C=O) groups is 1. The van der Waals surface area contributed by atoms with Crippen LogP contribution in [0.4, 0.5) is 4.79 Å². The van der Waals surface area contributed by atoms with Gasteiger partial charge in [0, 0.05) is 32.0 Å². The number of aromatic nitrogens is 1. The molecule has 4 heteroatoms. The van der Waals surface area contributed by atoms with Crippen LogP contribution < -0.4 is 5.32 Å². The minimum absolute atomic E-state index is 0.112. The molecule has 0 unspecified atom stereocenters. The van der Waals surface area contributed by atoms with Crippen molar-refractivity contribution in [1.29, 1.82) is 0 Å². The zero-order valence-corrected chi connectivity index (χ0v) is 15.6. The summed E-state index contributed by atoms with van der Waals surface area (Å²) in [7, 11) is 0. The first-order valence-electron chi connectivity index (χ1n) is 9.36. The molecule has 1 aromatic rings. The summed E-state index contributed by atoms with van der Waals surface area (Å²) >= 11 is 0. The van der Waals surface area contributed by atoms with E-state index in [0.29, 0.717) is 0 Å². The summed E-state index contributed by atoms with van der Waals surface area (Å²) in [4.78, 5) is 18.2. The van der Waals surface area contributed by atoms with Gasteiger partial charge in [-0.1, -0.05) is 33.6 Å². The summed E-state index contributed by atoms with van der Waals surface area (Å²) in [5.41, 5.74) is 1.53.